The molecule has 0 aromatic carbocycles. The van der Waals surface area contributed by atoms with Crippen LogP contribution in [0, 0.1) is 0 Å². The van der Waals surface area contributed by atoms with E-state index in [9.17, 15) is 0 Å². The van der Waals surface area contributed by atoms with Crippen LogP contribution >= 0.6 is 0 Å². The van der Waals surface area contributed by atoms with Gasteiger partial charge in [0.25, 0.3) is 0 Å². The van der Waals surface area contributed by atoms with Crippen LogP contribution in [0.1, 0.15) is 6.42 Å². The van der Waals surface area contributed by atoms with Gasteiger partial charge in [0.15, 0.2) is 5.72 Å². The molecule has 0 aromatic rings. The molecule has 1 unspecified atom stereocenters. The second-order valence-electron chi connectivity index (χ2n) is 2.06. The summed E-state index contributed by atoms with van der Waals surface area (Å²) in [5.41, 5.74) is 4.00. The molecule has 9 heavy (non-hydrogen) atoms. The molecule has 0 amide bonds. The first kappa shape index (κ1) is 9.53. The van der Waals surface area contributed by atoms with Gasteiger partial charge >= 0.3 is 0 Å². The molecule has 5 heteroatoms. The van der Waals surface area contributed by atoms with Gasteiger partial charge in [-0.2, -0.15) is 5.06 Å². The van der Waals surface area contributed by atoms with Crippen molar-refractivity contribution >= 4 is 0 Å². The molecule has 1 aliphatic rings. The Hall–Kier alpha value is 0.528. The molecule has 1 atom stereocenters. The van der Waals surface area contributed by atoms with Crippen molar-refractivity contribution in [2.75, 3.05) is 13.1 Å². The van der Waals surface area contributed by atoms with E-state index < -0.39 is 5.72 Å². The molecule has 4 N–H and O–H groups in total. The third kappa shape index (κ3) is 1.51. The number of nitrogens with two attached hydrogens (primary N) is 1. The standard InChI is InChI=1S/C4H10N2O2.Pt/c5-3-4(7)1-2-6(4)8;/h7-8H,1-3,5H2;. The summed E-state index contributed by atoms with van der Waals surface area (Å²) in [5.74, 6) is 0. The van der Waals surface area contributed by atoms with Gasteiger partial charge in [0, 0.05) is 40.6 Å². The Morgan fingerprint density at radius 1 is 1.67 bits per heavy atom. The number of hydrogen-bond acceptors (Lipinski definition) is 4. The molecule has 1 aliphatic heterocycles. The molecule has 58 valence electrons. The van der Waals surface area contributed by atoms with Gasteiger partial charge in [0.2, 0.25) is 0 Å². The van der Waals surface area contributed by atoms with Crippen molar-refractivity contribution in [3.05, 3.63) is 0 Å². The monoisotopic (exact) mass is 313 g/mol. The summed E-state index contributed by atoms with van der Waals surface area (Å²) in [6, 6.07) is 0. The van der Waals surface area contributed by atoms with Crippen molar-refractivity contribution in [1.82, 2.24) is 5.06 Å². The van der Waals surface area contributed by atoms with Gasteiger partial charge in [-0.05, 0) is 0 Å². The van der Waals surface area contributed by atoms with Crippen LogP contribution in [0.2, 0.25) is 0 Å². The number of hydroxylamine groups is 2. The zero-order chi connectivity index (χ0) is 6.20. The third-order valence-electron chi connectivity index (χ3n) is 1.53. The van der Waals surface area contributed by atoms with Crippen LogP contribution < -0.4 is 5.73 Å². The van der Waals surface area contributed by atoms with E-state index in [1.165, 1.54) is 0 Å². The van der Waals surface area contributed by atoms with Crippen molar-refractivity contribution in [2.24, 2.45) is 5.73 Å². The van der Waals surface area contributed by atoms with Crippen molar-refractivity contribution < 1.29 is 31.4 Å². The first-order valence-electron chi connectivity index (χ1n) is 2.58. The van der Waals surface area contributed by atoms with Gasteiger partial charge in [0.05, 0.1) is 0 Å². The summed E-state index contributed by atoms with van der Waals surface area (Å²) in [4.78, 5) is 0. The van der Waals surface area contributed by atoms with Crippen LogP contribution in [0.5, 0.6) is 0 Å². The minimum atomic E-state index is -1.11. The van der Waals surface area contributed by atoms with Gasteiger partial charge in [0.1, 0.15) is 0 Å². The molecule has 0 aromatic heterocycles. The number of hydrogen-bond donors (Lipinski definition) is 3. The van der Waals surface area contributed by atoms with E-state index in [1.807, 2.05) is 0 Å². The summed E-state index contributed by atoms with van der Waals surface area (Å²) in [7, 11) is 0. The third-order valence-corrected chi connectivity index (χ3v) is 1.53. The smallest absolute Gasteiger partial charge is 0.153 e. The molecule has 1 heterocycles. The summed E-state index contributed by atoms with van der Waals surface area (Å²) in [6.07, 6.45) is 0.569. The molecule has 1 fully saturated rings. The maximum absolute atomic E-state index is 9.04. The fourth-order valence-corrected chi connectivity index (χ4v) is 0.677. The van der Waals surface area contributed by atoms with E-state index in [0.717, 1.165) is 5.06 Å². The van der Waals surface area contributed by atoms with E-state index in [-0.39, 0.29) is 27.6 Å². The van der Waals surface area contributed by atoms with Gasteiger partial charge in [-0.15, -0.1) is 0 Å². The topological polar surface area (TPSA) is 69.7 Å². The maximum atomic E-state index is 9.04. The van der Waals surface area contributed by atoms with Crippen molar-refractivity contribution in [3.8, 4) is 0 Å². The average molecular weight is 313 g/mol. The molecular formula is C4H10N2O2Pt. The zero-order valence-electron chi connectivity index (χ0n) is 4.86. The number of nitrogens with zero attached hydrogens (tertiary/aromatic N) is 1. The van der Waals surface area contributed by atoms with Crippen LogP contribution in [0.3, 0.4) is 0 Å². The predicted octanol–water partition coefficient (Wildman–Crippen LogP) is -1.27. The van der Waals surface area contributed by atoms with Gasteiger partial charge in [-0.25, -0.2) is 0 Å². The number of aliphatic hydroxyl groups is 1. The summed E-state index contributed by atoms with van der Waals surface area (Å²) < 4.78 is 0. The van der Waals surface area contributed by atoms with Crippen molar-refractivity contribution in [3.63, 3.8) is 0 Å². The first-order valence-corrected chi connectivity index (χ1v) is 2.58. The SMILES string of the molecule is NCC1(O)CCN1O.[Pt]. The Labute approximate surface area is 67.9 Å². The minimum Gasteiger partial charge on any atom is -0.372 e. The summed E-state index contributed by atoms with van der Waals surface area (Å²) in [5, 5.41) is 18.6. The Morgan fingerprint density at radius 3 is 2.22 bits per heavy atom. The summed E-state index contributed by atoms with van der Waals surface area (Å²) >= 11 is 0. The fraction of sp³-hybridized carbons (Fsp3) is 1.00. The van der Waals surface area contributed by atoms with Crippen LogP contribution in [-0.2, 0) is 21.1 Å². The molecule has 1 rings (SSSR count). The van der Waals surface area contributed by atoms with Gasteiger partial charge in [-0.3, -0.25) is 0 Å². The molecule has 0 saturated carbocycles. The minimum absolute atomic E-state index is 0. The van der Waals surface area contributed by atoms with Gasteiger partial charge in [-0.1, -0.05) is 0 Å². The molecule has 0 aliphatic carbocycles. The van der Waals surface area contributed by atoms with E-state index >= 15 is 0 Å². The molecular weight excluding hydrogens is 303 g/mol. The molecule has 1 saturated heterocycles. The van der Waals surface area contributed by atoms with Gasteiger partial charge < -0.3 is 16.0 Å². The molecule has 0 radical (unpaired) electrons. The van der Waals surface area contributed by atoms with E-state index in [0.29, 0.717) is 13.0 Å². The van der Waals surface area contributed by atoms with Crippen LogP contribution in [0.15, 0.2) is 0 Å². The molecule has 4 nitrogen and oxygen atoms in total. The second-order valence-corrected chi connectivity index (χ2v) is 2.06. The second kappa shape index (κ2) is 3.08. The largest absolute Gasteiger partial charge is 0.372 e. The maximum Gasteiger partial charge on any atom is 0.153 e. The van der Waals surface area contributed by atoms with Crippen molar-refractivity contribution in [1.29, 1.82) is 0 Å². The Balaban J connectivity index is 0.000000640. The van der Waals surface area contributed by atoms with Crippen LogP contribution in [0.25, 0.3) is 0 Å². The zero-order valence-corrected chi connectivity index (χ0v) is 7.13. The Kier molecular flexibility index (Phi) is 3.26. The first-order chi connectivity index (χ1) is 3.69. The molecule has 0 spiro atoms. The fourth-order valence-electron chi connectivity index (χ4n) is 0.677. The average Bonchev–Trinajstić information content (AvgIpc) is 1.83. The van der Waals surface area contributed by atoms with E-state index in [1.54, 1.807) is 0 Å². The van der Waals surface area contributed by atoms with E-state index in [4.69, 9.17) is 16.0 Å². The quantitative estimate of drug-likeness (QED) is 0.564. The summed E-state index contributed by atoms with van der Waals surface area (Å²) in [6.45, 7) is 0.622. The van der Waals surface area contributed by atoms with E-state index in [2.05, 4.69) is 0 Å². The predicted molar refractivity (Wildman–Crippen MR) is 27.1 cm³/mol. The van der Waals surface area contributed by atoms with Crippen LogP contribution in [0.4, 0.5) is 0 Å². The Morgan fingerprint density at radius 2 is 2.22 bits per heavy atom. The normalized spacial score (nSPS) is 35.0. The number of rotatable bonds is 1. The molecule has 0 bridgehead atoms. The van der Waals surface area contributed by atoms with Crippen LogP contribution in [-0.4, -0.2) is 34.2 Å². The Bertz CT molecular complexity index is 98.6. The van der Waals surface area contributed by atoms with Crippen molar-refractivity contribution in [2.45, 2.75) is 12.1 Å².